The van der Waals surface area contributed by atoms with Crippen LogP contribution in [0.15, 0.2) is 12.1 Å². The smallest absolute Gasteiger partial charge is 0.147 e. The van der Waals surface area contributed by atoms with Crippen LogP contribution in [0.25, 0.3) is 10.9 Å². The number of anilines is 1. The summed E-state index contributed by atoms with van der Waals surface area (Å²) in [5.74, 6) is -0.403. The Kier molecular flexibility index (Phi) is 3.34. The van der Waals surface area contributed by atoms with Crippen LogP contribution in [0.5, 0.6) is 0 Å². The van der Waals surface area contributed by atoms with E-state index >= 15 is 0 Å². The van der Waals surface area contributed by atoms with E-state index in [4.69, 9.17) is 17.3 Å². The number of nitrogens with one attached hydrogen (secondary N) is 1. The van der Waals surface area contributed by atoms with E-state index in [1.165, 1.54) is 6.07 Å². The van der Waals surface area contributed by atoms with Crippen LogP contribution in [0.4, 0.5) is 14.5 Å². The quantitative estimate of drug-likeness (QED) is 0.849. The first kappa shape index (κ1) is 13.6. The fourth-order valence-corrected chi connectivity index (χ4v) is 3.14. The molecule has 1 aliphatic rings. The van der Waals surface area contributed by atoms with Gasteiger partial charge in [-0.15, -0.1) is 0 Å². The van der Waals surface area contributed by atoms with E-state index in [1.54, 1.807) is 11.0 Å². The molecule has 108 valence electrons. The number of H-pyrrole nitrogens is 1. The number of halogens is 3. The van der Waals surface area contributed by atoms with Gasteiger partial charge in [-0.2, -0.15) is 0 Å². The van der Waals surface area contributed by atoms with Gasteiger partial charge in [0, 0.05) is 35.7 Å². The Morgan fingerprint density at radius 2 is 2.15 bits per heavy atom. The lowest BCUT2D eigenvalue weighted by Gasteiger charge is -2.35. The SMILES string of the molecule is Cc1[nH]c2ccc(F)c(N3C[C@@H](N)C[C@@H](F)C3)c2c1Cl. The number of aromatic nitrogens is 1. The van der Waals surface area contributed by atoms with Crippen molar-refractivity contribution >= 4 is 28.2 Å². The third-order valence-corrected chi connectivity index (χ3v) is 4.22. The van der Waals surface area contributed by atoms with E-state index in [1.807, 2.05) is 6.92 Å². The largest absolute Gasteiger partial charge is 0.364 e. The highest BCUT2D eigenvalue weighted by molar-refractivity contribution is 6.37. The number of alkyl halides is 1. The van der Waals surface area contributed by atoms with Crippen LogP contribution < -0.4 is 10.6 Å². The topological polar surface area (TPSA) is 45.0 Å². The van der Waals surface area contributed by atoms with Gasteiger partial charge in [0.1, 0.15) is 12.0 Å². The van der Waals surface area contributed by atoms with Crippen molar-refractivity contribution in [2.24, 2.45) is 5.73 Å². The Bertz CT molecular complexity index is 645. The van der Waals surface area contributed by atoms with Gasteiger partial charge in [-0.05, 0) is 25.5 Å². The molecule has 0 spiro atoms. The van der Waals surface area contributed by atoms with Crippen LogP contribution in [0, 0.1) is 12.7 Å². The number of nitrogens with two attached hydrogens (primary N) is 1. The monoisotopic (exact) mass is 299 g/mol. The minimum atomic E-state index is -1.05. The van der Waals surface area contributed by atoms with Crippen LogP contribution in [0.2, 0.25) is 5.02 Å². The van der Waals surface area contributed by atoms with Crippen molar-refractivity contribution in [2.45, 2.75) is 25.6 Å². The third kappa shape index (κ3) is 2.15. The van der Waals surface area contributed by atoms with Crippen LogP contribution >= 0.6 is 11.6 Å². The lowest BCUT2D eigenvalue weighted by molar-refractivity contribution is 0.268. The summed E-state index contributed by atoms with van der Waals surface area (Å²) in [6, 6.07) is 2.72. The highest BCUT2D eigenvalue weighted by atomic mass is 35.5. The zero-order valence-electron chi connectivity index (χ0n) is 11.1. The summed E-state index contributed by atoms with van der Waals surface area (Å²) in [5.41, 5.74) is 7.71. The van der Waals surface area contributed by atoms with Gasteiger partial charge >= 0.3 is 0 Å². The first-order valence-electron chi connectivity index (χ1n) is 6.58. The van der Waals surface area contributed by atoms with E-state index in [-0.39, 0.29) is 12.6 Å². The molecule has 2 aromatic rings. The molecule has 0 aliphatic carbocycles. The van der Waals surface area contributed by atoms with E-state index in [0.717, 1.165) is 11.2 Å². The molecule has 3 rings (SSSR count). The van der Waals surface area contributed by atoms with Gasteiger partial charge in [0.25, 0.3) is 0 Å². The predicted octanol–water partition coefficient (Wildman–Crippen LogP) is 3.14. The van der Waals surface area contributed by atoms with E-state index in [0.29, 0.717) is 29.1 Å². The molecule has 3 nitrogen and oxygen atoms in total. The Balaban J connectivity index is 2.16. The molecule has 2 heterocycles. The molecule has 6 heteroatoms. The lowest BCUT2D eigenvalue weighted by Crippen LogP contribution is -2.48. The van der Waals surface area contributed by atoms with Crippen molar-refractivity contribution in [2.75, 3.05) is 18.0 Å². The Morgan fingerprint density at radius 3 is 2.85 bits per heavy atom. The van der Waals surface area contributed by atoms with Gasteiger partial charge in [-0.25, -0.2) is 8.78 Å². The summed E-state index contributed by atoms with van der Waals surface area (Å²) in [4.78, 5) is 4.77. The van der Waals surface area contributed by atoms with Gasteiger partial charge in [-0.3, -0.25) is 0 Å². The molecular weight excluding hydrogens is 284 g/mol. The first-order chi connectivity index (χ1) is 9.47. The number of aromatic amines is 1. The van der Waals surface area contributed by atoms with Gasteiger partial charge < -0.3 is 15.6 Å². The number of hydrogen-bond donors (Lipinski definition) is 2. The van der Waals surface area contributed by atoms with Crippen molar-refractivity contribution in [1.82, 2.24) is 4.98 Å². The first-order valence-corrected chi connectivity index (χ1v) is 6.96. The minimum Gasteiger partial charge on any atom is -0.364 e. The zero-order chi connectivity index (χ0) is 14.4. The summed E-state index contributed by atoms with van der Waals surface area (Å²) in [5, 5.41) is 1.08. The number of fused-ring (bicyclic) bond motifs is 1. The highest BCUT2D eigenvalue weighted by Gasteiger charge is 2.28. The van der Waals surface area contributed by atoms with Gasteiger partial charge in [-0.1, -0.05) is 11.6 Å². The molecule has 0 amide bonds. The average Bonchev–Trinajstić information content (AvgIpc) is 2.65. The summed E-state index contributed by atoms with van der Waals surface area (Å²) >= 11 is 6.26. The second-order valence-corrected chi connectivity index (χ2v) is 5.76. The molecule has 1 fully saturated rings. The zero-order valence-corrected chi connectivity index (χ0v) is 11.8. The maximum Gasteiger partial charge on any atom is 0.147 e. The average molecular weight is 300 g/mol. The summed E-state index contributed by atoms with van der Waals surface area (Å²) in [7, 11) is 0. The van der Waals surface area contributed by atoms with Crippen molar-refractivity contribution in [3.8, 4) is 0 Å². The minimum absolute atomic E-state index is 0.143. The molecule has 0 saturated carbocycles. The van der Waals surface area contributed by atoms with Crippen LogP contribution in [0.3, 0.4) is 0 Å². The number of rotatable bonds is 1. The maximum absolute atomic E-state index is 14.3. The summed E-state index contributed by atoms with van der Waals surface area (Å²) in [6.45, 7) is 2.39. The van der Waals surface area contributed by atoms with Crippen LogP contribution in [0.1, 0.15) is 12.1 Å². The van der Waals surface area contributed by atoms with Crippen molar-refractivity contribution in [3.05, 3.63) is 28.7 Å². The Labute approximate surface area is 120 Å². The normalized spacial score (nSPS) is 23.6. The standard InChI is InChI=1S/C14H16ClF2N3/c1-7-13(15)12-11(19-7)3-2-10(17)14(12)20-5-8(16)4-9(18)6-20/h2-3,8-9,19H,4-6,18H2,1H3/t8-,9+/m1/s1. The van der Waals surface area contributed by atoms with E-state index < -0.39 is 12.0 Å². The summed E-state index contributed by atoms with van der Waals surface area (Å²) < 4.78 is 28.0. The van der Waals surface area contributed by atoms with Crippen molar-refractivity contribution in [1.29, 1.82) is 0 Å². The lowest BCUT2D eigenvalue weighted by atomic mass is 10.0. The number of benzene rings is 1. The number of piperidine rings is 1. The highest BCUT2D eigenvalue weighted by Crippen LogP contribution is 2.38. The molecule has 0 radical (unpaired) electrons. The van der Waals surface area contributed by atoms with Crippen LogP contribution in [-0.4, -0.2) is 30.3 Å². The predicted molar refractivity (Wildman–Crippen MR) is 77.7 cm³/mol. The molecule has 1 aromatic heterocycles. The molecule has 1 aliphatic heterocycles. The van der Waals surface area contributed by atoms with Gasteiger partial charge in [0.15, 0.2) is 0 Å². The Morgan fingerprint density at radius 1 is 1.40 bits per heavy atom. The molecule has 0 unspecified atom stereocenters. The van der Waals surface area contributed by atoms with Gasteiger partial charge in [0.2, 0.25) is 0 Å². The number of hydrogen-bond acceptors (Lipinski definition) is 2. The number of aryl methyl sites for hydroxylation is 1. The van der Waals surface area contributed by atoms with Crippen LogP contribution in [-0.2, 0) is 0 Å². The molecule has 2 atom stereocenters. The molecular formula is C14H16ClF2N3. The van der Waals surface area contributed by atoms with Crippen molar-refractivity contribution in [3.63, 3.8) is 0 Å². The van der Waals surface area contributed by atoms with Crippen molar-refractivity contribution < 1.29 is 8.78 Å². The fraction of sp³-hybridized carbons (Fsp3) is 0.429. The Hall–Kier alpha value is -1.33. The molecule has 0 bridgehead atoms. The molecule has 1 aromatic carbocycles. The number of nitrogens with zero attached hydrogens (tertiary/aromatic N) is 1. The maximum atomic E-state index is 14.3. The second kappa shape index (κ2) is 4.90. The fourth-order valence-electron chi connectivity index (χ4n) is 2.90. The van der Waals surface area contributed by atoms with Gasteiger partial charge in [0.05, 0.1) is 10.7 Å². The third-order valence-electron chi connectivity index (χ3n) is 3.75. The second-order valence-electron chi connectivity index (χ2n) is 5.38. The van der Waals surface area contributed by atoms with E-state index in [9.17, 15) is 8.78 Å². The molecule has 3 N–H and O–H groups in total. The summed E-state index contributed by atoms with van der Waals surface area (Å²) in [6.07, 6.45) is -0.735. The molecule has 1 saturated heterocycles. The molecule has 20 heavy (non-hydrogen) atoms. The van der Waals surface area contributed by atoms with E-state index in [2.05, 4.69) is 4.98 Å².